The number of hydrogen-bond donors (Lipinski definition) is 2. The lowest BCUT2D eigenvalue weighted by atomic mass is 9.93. The van der Waals surface area contributed by atoms with Crippen molar-refractivity contribution in [3.05, 3.63) is 54.0 Å². The molecule has 0 saturated carbocycles. The molecular weight excluding hydrogens is 260 g/mol. The van der Waals surface area contributed by atoms with Crippen molar-refractivity contribution in [2.75, 3.05) is 18.4 Å². The highest BCUT2D eigenvalue weighted by atomic mass is 15.0. The van der Waals surface area contributed by atoms with E-state index in [0.717, 1.165) is 36.8 Å². The third kappa shape index (κ3) is 4.26. The number of piperidine rings is 1. The van der Waals surface area contributed by atoms with Crippen LogP contribution in [0.3, 0.4) is 0 Å². The Hall–Kier alpha value is -1.94. The van der Waals surface area contributed by atoms with Crippen LogP contribution in [0.1, 0.15) is 24.0 Å². The van der Waals surface area contributed by atoms with Crippen molar-refractivity contribution in [2.24, 2.45) is 5.92 Å². The van der Waals surface area contributed by atoms with Gasteiger partial charge in [0.1, 0.15) is 5.82 Å². The fourth-order valence-electron chi connectivity index (χ4n) is 2.78. The van der Waals surface area contributed by atoms with Crippen LogP contribution in [0.25, 0.3) is 0 Å². The van der Waals surface area contributed by atoms with Crippen LogP contribution in [0.15, 0.2) is 42.9 Å². The first-order valence-electron chi connectivity index (χ1n) is 7.68. The maximum absolute atomic E-state index is 4.51. The van der Waals surface area contributed by atoms with E-state index in [0.29, 0.717) is 0 Å². The molecule has 3 heterocycles. The lowest BCUT2D eigenvalue weighted by molar-refractivity contribution is 0.376. The van der Waals surface area contributed by atoms with Gasteiger partial charge >= 0.3 is 0 Å². The molecule has 3 rings (SSSR count). The Morgan fingerprint density at radius 3 is 2.90 bits per heavy atom. The molecule has 2 aromatic heterocycles. The quantitative estimate of drug-likeness (QED) is 0.885. The summed E-state index contributed by atoms with van der Waals surface area (Å²) in [6, 6.07) is 8.27. The molecule has 0 aliphatic carbocycles. The lowest BCUT2D eigenvalue weighted by Crippen LogP contribution is -2.30. The molecule has 0 spiro atoms. The van der Waals surface area contributed by atoms with E-state index < -0.39 is 0 Å². The van der Waals surface area contributed by atoms with Crippen LogP contribution in [0.4, 0.5) is 5.82 Å². The molecule has 110 valence electrons. The summed E-state index contributed by atoms with van der Waals surface area (Å²) in [5, 5.41) is 6.79. The van der Waals surface area contributed by atoms with Crippen LogP contribution in [-0.2, 0) is 13.0 Å². The summed E-state index contributed by atoms with van der Waals surface area (Å²) in [7, 11) is 0. The highest BCUT2D eigenvalue weighted by Crippen LogP contribution is 2.17. The summed E-state index contributed by atoms with van der Waals surface area (Å²) in [4.78, 5) is 8.62. The molecule has 1 unspecified atom stereocenters. The largest absolute Gasteiger partial charge is 0.366 e. The van der Waals surface area contributed by atoms with E-state index in [-0.39, 0.29) is 0 Å². The van der Waals surface area contributed by atoms with Crippen LogP contribution in [0.2, 0.25) is 0 Å². The molecule has 21 heavy (non-hydrogen) atoms. The van der Waals surface area contributed by atoms with E-state index in [2.05, 4.69) is 38.8 Å². The van der Waals surface area contributed by atoms with Gasteiger partial charge in [-0.05, 0) is 61.5 Å². The molecule has 4 nitrogen and oxygen atoms in total. The molecule has 0 bridgehead atoms. The average molecular weight is 282 g/mol. The number of anilines is 1. The first-order chi connectivity index (χ1) is 10.4. The molecule has 1 fully saturated rings. The van der Waals surface area contributed by atoms with Gasteiger partial charge in [0, 0.05) is 25.1 Å². The van der Waals surface area contributed by atoms with Gasteiger partial charge < -0.3 is 10.6 Å². The SMILES string of the molecule is c1cncc(CNc2ccc(CC3CCCNC3)cn2)c1. The van der Waals surface area contributed by atoms with E-state index in [1.807, 2.05) is 18.5 Å². The Balaban J connectivity index is 1.51. The third-order valence-electron chi connectivity index (χ3n) is 3.94. The highest BCUT2D eigenvalue weighted by molar-refractivity contribution is 5.36. The minimum absolute atomic E-state index is 0.757. The van der Waals surface area contributed by atoms with E-state index >= 15 is 0 Å². The van der Waals surface area contributed by atoms with Crippen LogP contribution < -0.4 is 10.6 Å². The molecule has 1 aliphatic rings. The van der Waals surface area contributed by atoms with Crippen LogP contribution >= 0.6 is 0 Å². The van der Waals surface area contributed by atoms with E-state index in [9.17, 15) is 0 Å². The normalized spacial score (nSPS) is 18.4. The number of aromatic nitrogens is 2. The van der Waals surface area contributed by atoms with E-state index in [1.165, 1.54) is 24.9 Å². The number of nitrogens with one attached hydrogen (secondary N) is 2. The van der Waals surface area contributed by atoms with E-state index in [4.69, 9.17) is 0 Å². The number of rotatable bonds is 5. The molecule has 0 aromatic carbocycles. The van der Waals surface area contributed by atoms with Gasteiger partial charge in [-0.1, -0.05) is 12.1 Å². The van der Waals surface area contributed by atoms with Gasteiger partial charge in [0.15, 0.2) is 0 Å². The first-order valence-corrected chi connectivity index (χ1v) is 7.68. The van der Waals surface area contributed by atoms with Crippen molar-refractivity contribution in [1.29, 1.82) is 0 Å². The predicted molar refractivity (Wildman–Crippen MR) is 85.1 cm³/mol. The summed E-state index contributed by atoms with van der Waals surface area (Å²) in [5.41, 5.74) is 2.49. The topological polar surface area (TPSA) is 49.8 Å². The second-order valence-corrected chi connectivity index (χ2v) is 5.68. The number of hydrogen-bond acceptors (Lipinski definition) is 4. The maximum Gasteiger partial charge on any atom is 0.126 e. The first kappa shape index (κ1) is 14.0. The minimum atomic E-state index is 0.757. The Bertz CT molecular complexity index is 532. The molecule has 4 heteroatoms. The van der Waals surface area contributed by atoms with Gasteiger partial charge in [-0.25, -0.2) is 4.98 Å². The van der Waals surface area contributed by atoms with Crippen LogP contribution in [-0.4, -0.2) is 23.1 Å². The summed E-state index contributed by atoms with van der Waals surface area (Å²) < 4.78 is 0. The summed E-state index contributed by atoms with van der Waals surface area (Å²) in [6.45, 7) is 3.07. The summed E-state index contributed by atoms with van der Waals surface area (Å²) in [6.07, 6.45) is 9.41. The van der Waals surface area contributed by atoms with Gasteiger partial charge in [0.25, 0.3) is 0 Å². The summed E-state index contributed by atoms with van der Waals surface area (Å²) >= 11 is 0. The van der Waals surface area contributed by atoms with Crippen LogP contribution in [0, 0.1) is 5.92 Å². The highest BCUT2D eigenvalue weighted by Gasteiger charge is 2.13. The molecule has 1 atom stereocenters. The van der Waals surface area contributed by atoms with Crippen molar-refractivity contribution < 1.29 is 0 Å². The molecule has 2 N–H and O–H groups in total. The van der Waals surface area contributed by atoms with Crippen molar-refractivity contribution in [1.82, 2.24) is 15.3 Å². The molecule has 2 aromatic rings. The Morgan fingerprint density at radius 2 is 2.19 bits per heavy atom. The van der Waals surface area contributed by atoms with Gasteiger partial charge in [-0.2, -0.15) is 0 Å². The molecule has 1 saturated heterocycles. The fraction of sp³-hybridized carbons (Fsp3) is 0.412. The molecular formula is C17H22N4. The fourth-order valence-corrected chi connectivity index (χ4v) is 2.78. The lowest BCUT2D eigenvalue weighted by Gasteiger charge is -2.22. The second kappa shape index (κ2) is 7.18. The van der Waals surface area contributed by atoms with Crippen molar-refractivity contribution in [2.45, 2.75) is 25.8 Å². The van der Waals surface area contributed by atoms with Crippen molar-refractivity contribution in [3.63, 3.8) is 0 Å². The zero-order valence-electron chi connectivity index (χ0n) is 12.3. The zero-order valence-corrected chi connectivity index (χ0v) is 12.3. The standard InChI is InChI=1S/C17H22N4/c1-3-14(10-18-7-1)9-15-5-6-17(20-12-15)21-13-16-4-2-8-19-11-16/h2,4-6,8,11-12,14,18H,1,3,7,9-10,13H2,(H,20,21). The molecule has 0 radical (unpaired) electrons. The van der Waals surface area contributed by atoms with Crippen molar-refractivity contribution in [3.8, 4) is 0 Å². The number of nitrogens with zero attached hydrogens (tertiary/aromatic N) is 2. The van der Waals surface area contributed by atoms with E-state index in [1.54, 1.807) is 6.20 Å². The molecule has 0 amide bonds. The number of pyridine rings is 2. The summed E-state index contributed by atoms with van der Waals surface area (Å²) in [5.74, 6) is 1.68. The van der Waals surface area contributed by atoms with Gasteiger partial charge in [0.05, 0.1) is 0 Å². The molecule has 1 aliphatic heterocycles. The zero-order chi connectivity index (χ0) is 14.3. The second-order valence-electron chi connectivity index (χ2n) is 5.68. The smallest absolute Gasteiger partial charge is 0.126 e. The minimum Gasteiger partial charge on any atom is -0.366 e. The Labute approximate surface area is 126 Å². The predicted octanol–water partition coefficient (Wildman–Crippen LogP) is 2.63. The van der Waals surface area contributed by atoms with Crippen molar-refractivity contribution >= 4 is 5.82 Å². The monoisotopic (exact) mass is 282 g/mol. The van der Waals surface area contributed by atoms with Gasteiger partial charge in [0.2, 0.25) is 0 Å². The average Bonchev–Trinajstić information content (AvgIpc) is 2.56. The third-order valence-corrected chi connectivity index (χ3v) is 3.94. The Kier molecular flexibility index (Phi) is 4.79. The Morgan fingerprint density at radius 1 is 1.19 bits per heavy atom. The van der Waals surface area contributed by atoms with Crippen LogP contribution in [0.5, 0.6) is 0 Å². The van der Waals surface area contributed by atoms with Gasteiger partial charge in [-0.15, -0.1) is 0 Å². The van der Waals surface area contributed by atoms with Gasteiger partial charge in [-0.3, -0.25) is 4.98 Å². The maximum atomic E-state index is 4.51.